The number of ketones is 1. The molecule has 0 aromatic carbocycles. The van der Waals surface area contributed by atoms with Crippen LogP contribution in [0.1, 0.15) is 24.2 Å². The minimum absolute atomic E-state index is 0.0213. The lowest BCUT2D eigenvalue weighted by molar-refractivity contribution is -0.123. The monoisotopic (exact) mass is 284 g/mol. The molecule has 1 N–H and O–H groups in total. The normalized spacial score (nSPS) is 10.2. The van der Waals surface area contributed by atoms with E-state index in [9.17, 15) is 9.59 Å². The van der Waals surface area contributed by atoms with Crippen molar-refractivity contribution in [2.24, 2.45) is 5.92 Å². The van der Waals surface area contributed by atoms with E-state index in [4.69, 9.17) is 0 Å². The molecule has 5 heteroatoms. The molecule has 0 spiro atoms. The summed E-state index contributed by atoms with van der Waals surface area (Å²) >= 11 is 3.18. The van der Waals surface area contributed by atoms with Crippen LogP contribution in [0.4, 0.5) is 0 Å². The van der Waals surface area contributed by atoms with Crippen LogP contribution in [0.25, 0.3) is 0 Å². The Morgan fingerprint density at radius 3 is 2.75 bits per heavy atom. The Morgan fingerprint density at radius 2 is 2.19 bits per heavy atom. The highest BCUT2D eigenvalue weighted by molar-refractivity contribution is 9.10. The van der Waals surface area contributed by atoms with Gasteiger partial charge in [0.05, 0.1) is 6.54 Å². The van der Waals surface area contributed by atoms with Crippen molar-refractivity contribution in [1.82, 2.24) is 10.3 Å². The standard InChI is InChI=1S/C11H13BrN2O2/c1-7(2)11(16)14-6-9(15)8-3-4-13-10(12)5-8/h3-5,7H,6H2,1-2H3,(H,14,16). The molecule has 1 rings (SSSR count). The number of pyridine rings is 1. The Balaban J connectivity index is 2.57. The van der Waals surface area contributed by atoms with Crippen molar-refractivity contribution in [3.8, 4) is 0 Å². The molecule has 1 amide bonds. The average molecular weight is 285 g/mol. The number of nitrogens with zero attached hydrogens (tertiary/aromatic N) is 1. The van der Waals surface area contributed by atoms with E-state index < -0.39 is 0 Å². The van der Waals surface area contributed by atoms with Gasteiger partial charge in [0.1, 0.15) is 4.60 Å². The lowest BCUT2D eigenvalue weighted by Gasteiger charge is -2.06. The molecule has 0 aliphatic heterocycles. The summed E-state index contributed by atoms with van der Waals surface area (Å²) in [6.07, 6.45) is 1.54. The van der Waals surface area contributed by atoms with Gasteiger partial charge in [-0.05, 0) is 28.1 Å². The van der Waals surface area contributed by atoms with E-state index >= 15 is 0 Å². The molecule has 0 saturated heterocycles. The summed E-state index contributed by atoms with van der Waals surface area (Å²) in [5, 5.41) is 2.58. The molecule has 0 atom stereocenters. The smallest absolute Gasteiger partial charge is 0.222 e. The van der Waals surface area contributed by atoms with Crippen LogP contribution < -0.4 is 5.32 Å². The third-order valence-corrected chi connectivity index (χ3v) is 2.43. The van der Waals surface area contributed by atoms with E-state index in [1.165, 1.54) is 0 Å². The predicted octanol–water partition coefficient (Wildman–Crippen LogP) is 1.80. The highest BCUT2D eigenvalue weighted by Gasteiger charge is 2.10. The zero-order valence-corrected chi connectivity index (χ0v) is 10.7. The molecule has 1 heterocycles. The van der Waals surface area contributed by atoms with E-state index in [0.29, 0.717) is 10.2 Å². The van der Waals surface area contributed by atoms with Gasteiger partial charge in [0.25, 0.3) is 0 Å². The summed E-state index contributed by atoms with van der Waals surface area (Å²) < 4.78 is 0.605. The second kappa shape index (κ2) is 5.75. The topological polar surface area (TPSA) is 59.1 Å². The molecule has 4 nitrogen and oxygen atoms in total. The van der Waals surface area contributed by atoms with Gasteiger partial charge in [-0.25, -0.2) is 4.98 Å². The number of nitrogens with one attached hydrogen (secondary N) is 1. The molecule has 0 fully saturated rings. The van der Waals surface area contributed by atoms with Crippen LogP contribution in [0.3, 0.4) is 0 Å². The first kappa shape index (κ1) is 12.8. The first-order valence-corrected chi connectivity index (χ1v) is 5.72. The maximum Gasteiger partial charge on any atom is 0.222 e. The summed E-state index contributed by atoms with van der Waals surface area (Å²) in [5.74, 6) is -0.365. The highest BCUT2D eigenvalue weighted by atomic mass is 79.9. The summed E-state index contributed by atoms with van der Waals surface area (Å²) in [7, 11) is 0. The van der Waals surface area contributed by atoms with Crippen LogP contribution in [0, 0.1) is 5.92 Å². The molecule has 0 unspecified atom stereocenters. The number of rotatable bonds is 4. The molecule has 16 heavy (non-hydrogen) atoms. The van der Waals surface area contributed by atoms with Crippen molar-refractivity contribution >= 4 is 27.6 Å². The molecule has 0 aliphatic rings. The second-order valence-electron chi connectivity index (χ2n) is 3.66. The van der Waals surface area contributed by atoms with E-state index in [0.717, 1.165) is 0 Å². The molecule has 1 aromatic heterocycles. The second-order valence-corrected chi connectivity index (χ2v) is 4.48. The van der Waals surface area contributed by atoms with E-state index in [2.05, 4.69) is 26.2 Å². The number of hydrogen-bond acceptors (Lipinski definition) is 3. The third kappa shape index (κ3) is 3.73. The van der Waals surface area contributed by atoms with Gasteiger partial charge in [-0.2, -0.15) is 0 Å². The Kier molecular flexibility index (Phi) is 4.61. The molecule has 0 bridgehead atoms. The molecule has 1 aromatic rings. The first-order valence-electron chi connectivity index (χ1n) is 4.93. The number of carbonyl (C=O) groups excluding carboxylic acids is 2. The Hall–Kier alpha value is -1.23. The van der Waals surface area contributed by atoms with Crippen molar-refractivity contribution in [2.45, 2.75) is 13.8 Å². The predicted molar refractivity (Wildman–Crippen MR) is 64.1 cm³/mol. The summed E-state index contributed by atoms with van der Waals surface area (Å²) in [4.78, 5) is 26.8. The van der Waals surface area contributed by atoms with Gasteiger partial charge in [0.15, 0.2) is 5.78 Å². The van der Waals surface area contributed by atoms with Crippen LogP contribution >= 0.6 is 15.9 Å². The largest absolute Gasteiger partial charge is 0.348 e. The number of Topliss-reactive ketones (excluding diaryl/α,β-unsaturated/α-hetero) is 1. The summed E-state index contributed by atoms with van der Waals surface area (Å²) in [6.45, 7) is 3.58. The number of amides is 1. The fraction of sp³-hybridized carbons (Fsp3) is 0.364. The van der Waals surface area contributed by atoms with Crippen molar-refractivity contribution in [1.29, 1.82) is 0 Å². The Bertz CT molecular complexity index is 405. The SMILES string of the molecule is CC(C)C(=O)NCC(=O)c1ccnc(Br)c1. The maximum absolute atomic E-state index is 11.7. The highest BCUT2D eigenvalue weighted by Crippen LogP contribution is 2.08. The summed E-state index contributed by atoms with van der Waals surface area (Å²) in [6, 6.07) is 3.25. The van der Waals surface area contributed by atoms with Crippen LogP contribution in [0.2, 0.25) is 0 Å². The molecule has 0 aliphatic carbocycles. The zero-order valence-electron chi connectivity index (χ0n) is 9.16. The van der Waals surface area contributed by atoms with Crippen molar-refractivity contribution in [2.75, 3.05) is 6.54 Å². The van der Waals surface area contributed by atoms with Gasteiger partial charge >= 0.3 is 0 Å². The molecular formula is C11H13BrN2O2. The fourth-order valence-corrected chi connectivity index (χ4v) is 1.41. The fourth-order valence-electron chi connectivity index (χ4n) is 1.05. The van der Waals surface area contributed by atoms with Crippen molar-refractivity contribution in [3.05, 3.63) is 28.5 Å². The van der Waals surface area contributed by atoms with Crippen molar-refractivity contribution in [3.63, 3.8) is 0 Å². The van der Waals surface area contributed by atoms with E-state index in [-0.39, 0.29) is 24.2 Å². The van der Waals surface area contributed by atoms with E-state index in [1.54, 1.807) is 32.2 Å². The van der Waals surface area contributed by atoms with Crippen LogP contribution in [-0.4, -0.2) is 23.2 Å². The zero-order chi connectivity index (χ0) is 12.1. The average Bonchev–Trinajstić information content (AvgIpc) is 2.25. The number of aromatic nitrogens is 1. The van der Waals surface area contributed by atoms with Gasteiger partial charge in [-0.3, -0.25) is 9.59 Å². The third-order valence-electron chi connectivity index (χ3n) is 2.00. The van der Waals surface area contributed by atoms with Crippen LogP contribution in [-0.2, 0) is 4.79 Å². The van der Waals surface area contributed by atoms with Gasteiger partial charge in [0, 0.05) is 17.7 Å². The van der Waals surface area contributed by atoms with Crippen LogP contribution in [0.5, 0.6) is 0 Å². The maximum atomic E-state index is 11.7. The number of hydrogen-bond donors (Lipinski definition) is 1. The molecular weight excluding hydrogens is 272 g/mol. The minimum Gasteiger partial charge on any atom is -0.348 e. The summed E-state index contributed by atoms with van der Waals surface area (Å²) in [5.41, 5.74) is 0.533. The van der Waals surface area contributed by atoms with Gasteiger partial charge in [-0.15, -0.1) is 0 Å². The molecule has 0 saturated carbocycles. The van der Waals surface area contributed by atoms with Crippen molar-refractivity contribution < 1.29 is 9.59 Å². The van der Waals surface area contributed by atoms with Crippen LogP contribution in [0.15, 0.2) is 22.9 Å². The van der Waals surface area contributed by atoms with E-state index in [1.807, 2.05) is 0 Å². The molecule has 86 valence electrons. The quantitative estimate of drug-likeness (QED) is 0.678. The number of carbonyl (C=O) groups is 2. The molecule has 0 radical (unpaired) electrons. The Morgan fingerprint density at radius 1 is 1.50 bits per heavy atom. The first-order chi connectivity index (χ1) is 7.50. The van der Waals surface area contributed by atoms with Gasteiger partial charge in [-0.1, -0.05) is 13.8 Å². The minimum atomic E-state index is -0.128. The lowest BCUT2D eigenvalue weighted by Crippen LogP contribution is -2.32. The lowest BCUT2D eigenvalue weighted by atomic mass is 10.1. The van der Waals surface area contributed by atoms with Gasteiger partial charge in [0.2, 0.25) is 5.91 Å². The number of halogens is 1. The van der Waals surface area contributed by atoms with Gasteiger partial charge < -0.3 is 5.32 Å². The Labute approximate surface area is 103 Å².